The first-order valence-corrected chi connectivity index (χ1v) is 6.61. The molecule has 0 bridgehead atoms. The van der Waals surface area contributed by atoms with Gasteiger partial charge in [-0.25, -0.2) is 0 Å². The minimum absolute atomic E-state index is 0.0559. The van der Waals surface area contributed by atoms with Gasteiger partial charge in [-0.05, 0) is 24.1 Å². The fourth-order valence-corrected chi connectivity index (χ4v) is 1.76. The Morgan fingerprint density at radius 1 is 1.50 bits per heavy atom. The number of benzene rings is 1. The first kappa shape index (κ1) is 15.0. The highest BCUT2D eigenvalue weighted by Crippen LogP contribution is 2.17. The summed E-state index contributed by atoms with van der Waals surface area (Å²) in [4.78, 5) is 11.6. The molecule has 0 spiro atoms. The molecule has 0 radical (unpaired) electrons. The third-order valence-corrected chi connectivity index (χ3v) is 3.01. The molecule has 4 nitrogen and oxygen atoms in total. The molecule has 1 aromatic rings. The van der Waals surface area contributed by atoms with Crippen LogP contribution in [0.25, 0.3) is 0 Å². The predicted molar refractivity (Wildman–Crippen MR) is 73.5 cm³/mol. The summed E-state index contributed by atoms with van der Waals surface area (Å²) in [5, 5.41) is 11.8. The summed E-state index contributed by atoms with van der Waals surface area (Å²) in [6, 6.07) is 7.06. The topological polar surface area (TPSA) is 58.6 Å². The van der Waals surface area contributed by atoms with Crippen molar-refractivity contribution in [2.24, 2.45) is 5.92 Å². The number of hydrogen-bond donors (Lipinski definition) is 2. The van der Waals surface area contributed by atoms with Gasteiger partial charge in [0.2, 0.25) is 0 Å². The molecular formula is C13H18BrNO3. The monoisotopic (exact) mass is 315 g/mol. The molecule has 5 heteroatoms. The van der Waals surface area contributed by atoms with E-state index in [0.717, 1.165) is 4.47 Å². The second-order valence-corrected chi connectivity index (χ2v) is 5.26. The molecule has 0 saturated heterocycles. The second kappa shape index (κ2) is 7.38. The van der Waals surface area contributed by atoms with Crippen LogP contribution in [0.1, 0.15) is 13.8 Å². The van der Waals surface area contributed by atoms with Crippen molar-refractivity contribution in [3.63, 3.8) is 0 Å². The second-order valence-electron chi connectivity index (χ2n) is 4.35. The molecule has 1 aromatic carbocycles. The zero-order valence-electron chi connectivity index (χ0n) is 10.5. The molecular weight excluding hydrogens is 298 g/mol. The van der Waals surface area contributed by atoms with Crippen molar-refractivity contribution in [1.29, 1.82) is 0 Å². The summed E-state index contributed by atoms with van der Waals surface area (Å²) in [6.45, 7) is 3.76. The number of carbonyl (C=O) groups is 1. The number of ether oxygens (including phenoxy) is 1. The molecule has 2 N–H and O–H groups in total. The minimum atomic E-state index is -0.234. The number of aliphatic hydroxyl groups excluding tert-OH is 1. The summed E-state index contributed by atoms with van der Waals surface area (Å²) in [7, 11) is 0. The lowest BCUT2D eigenvalue weighted by atomic mass is 10.1. The van der Waals surface area contributed by atoms with Crippen LogP contribution in [-0.2, 0) is 4.79 Å². The summed E-state index contributed by atoms with van der Waals surface area (Å²) in [5.41, 5.74) is 0. The van der Waals surface area contributed by atoms with E-state index < -0.39 is 0 Å². The lowest BCUT2D eigenvalue weighted by Gasteiger charge is -2.19. The Balaban J connectivity index is 2.41. The van der Waals surface area contributed by atoms with Crippen LogP contribution in [0.3, 0.4) is 0 Å². The number of hydrogen-bond acceptors (Lipinski definition) is 3. The van der Waals surface area contributed by atoms with E-state index in [1.54, 1.807) is 12.1 Å². The van der Waals surface area contributed by atoms with Crippen LogP contribution in [0.2, 0.25) is 0 Å². The van der Waals surface area contributed by atoms with Gasteiger partial charge in [0.05, 0.1) is 12.6 Å². The van der Waals surface area contributed by atoms with E-state index in [9.17, 15) is 4.79 Å². The fourth-order valence-electron chi connectivity index (χ4n) is 1.38. The van der Waals surface area contributed by atoms with Crippen molar-refractivity contribution in [3.8, 4) is 5.75 Å². The average molecular weight is 316 g/mol. The molecule has 18 heavy (non-hydrogen) atoms. The zero-order valence-corrected chi connectivity index (χ0v) is 12.1. The molecule has 0 unspecified atom stereocenters. The van der Waals surface area contributed by atoms with Crippen molar-refractivity contribution < 1.29 is 14.6 Å². The zero-order chi connectivity index (χ0) is 13.5. The van der Waals surface area contributed by atoms with Gasteiger partial charge >= 0.3 is 0 Å². The van der Waals surface area contributed by atoms with Gasteiger partial charge in [0.25, 0.3) is 5.91 Å². The molecule has 1 rings (SSSR count). The number of amides is 1. The van der Waals surface area contributed by atoms with Gasteiger partial charge in [-0.3, -0.25) is 4.79 Å². The minimum Gasteiger partial charge on any atom is -0.484 e. The molecule has 0 aliphatic carbocycles. The highest BCUT2D eigenvalue weighted by atomic mass is 79.9. The van der Waals surface area contributed by atoms with E-state index in [1.807, 2.05) is 26.0 Å². The fraction of sp³-hybridized carbons (Fsp3) is 0.462. The van der Waals surface area contributed by atoms with Gasteiger partial charge in [-0.15, -0.1) is 0 Å². The molecule has 0 fully saturated rings. The van der Waals surface area contributed by atoms with Crippen LogP contribution in [0.15, 0.2) is 28.7 Å². The molecule has 0 aliphatic heterocycles. The lowest BCUT2D eigenvalue weighted by Crippen LogP contribution is -2.43. The van der Waals surface area contributed by atoms with Crippen molar-refractivity contribution in [3.05, 3.63) is 28.7 Å². The largest absolute Gasteiger partial charge is 0.484 e. The van der Waals surface area contributed by atoms with Crippen LogP contribution in [0.5, 0.6) is 5.75 Å². The molecule has 0 aliphatic rings. The van der Waals surface area contributed by atoms with E-state index in [2.05, 4.69) is 21.2 Å². The maximum Gasteiger partial charge on any atom is 0.258 e. The summed E-state index contributed by atoms with van der Waals surface area (Å²) in [6.07, 6.45) is 0. The Morgan fingerprint density at radius 2 is 2.22 bits per heavy atom. The van der Waals surface area contributed by atoms with Gasteiger partial charge in [0, 0.05) is 4.47 Å². The number of aliphatic hydroxyl groups is 1. The van der Waals surface area contributed by atoms with Gasteiger partial charge in [0.1, 0.15) is 5.75 Å². The maximum absolute atomic E-state index is 11.6. The number of nitrogens with one attached hydrogen (secondary N) is 1. The van der Waals surface area contributed by atoms with E-state index in [0.29, 0.717) is 5.75 Å². The summed E-state index contributed by atoms with van der Waals surface area (Å²) in [5.74, 6) is 0.581. The average Bonchev–Trinajstić information content (AvgIpc) is 2.33. The van der Waals surface area contributed by atoms with Crippen LogP contribution in [0, 0.1) is 5.92 Å². The Labute approximate surface area is 115 Å². The van der Waals surface area contributed by atoms with E-state index in [-0.39, 0.29) is 31.1 Å². The summed E-state index contributed by atoms with van der Waals surface area (Å²) >= 11 is 3.33. The van der Waals surface area contributed by atoms with Crippen LogP contribution in [-0.4, -0.2) is 30.3 Å². The SMILES string of the molecule is CC(C)[C@@H](CO)NC(=O)COc1cccc(Br)c1. The van der Waals surface area contributed by atoms with Crippen molar-refractivity contribution in [2.75, 3.05) is 13.2 Å². The highest BCUT2D eigenvalue weighted by molar-refractivity contribution is 9.10. The number of carbonyl (C=O) groups excluding carboxylic acids is 1. The van der Waals surface area contributed by atoms with E-state index in [4.69, 9.17) is 9.84 Å². The van der Waals surface area contributed by atoms with Gasteiger partial charge in [-0.1, -0.05) is 35.8 Å². The van der Waals surface area contributed by atoms with Crippen LogP contribution >= 0.6 is 15.9 Å². The van der Waals surface area contributed by atoms with Crippen molar-refractivity contribution in [1.82, 2.24) is 5.32 Å². The van der Waals surface area contributed by atoms with Gasteiger partial charge < -0.3 is 15.2 Å². The van der Waals surface area contributed by atoms with Gasteiger partial charge in [-0.2, -0.15) is 0 Å². The molecule has 100 valence electrons. The molecule has 1 amide bonds. The maximum atomic E-state index is 11.6. The number of rotatable bonds is 6. The van der Waals surface area contributed by atoms with Crippen LogP contribution in [0.4, 0.5) is 0 Å². The molecule has 1 atom stereocenters. The third kappa shape index (κ3) is 5.06. The first-order valence-electron chi connectivity index (χ1n) is 5.81. The quantitative estimate of drug-likeness (QED) is 0.843. The van der Waals surface area contributed by atoms with Crippen molar-refractivity contribution >= 4 is 21.8 Å². The molecule has 0 aromatic heterocycles. The summed E-state index contributed by atoms with van der Waals surface area (Å²) < 4.78 is 6.25. The lowest BCUT2D eigenvalue weighted by molar-refractivity contribution is -0.124. The predicted octanol–water partition coefficient (Wildman–Crippen LogP) is 1.96. The Morgan fingerprint density at radius 3 is 2.78 bits per heavy atom. The smallest absolute Gasteiger partial charge is 0.258 e. The van der Waals surface area contributed by atoms with E-state index >= 15 is 0 Å². The molecule has 0 saturated carbocycles. The Bertz CT molecular complexity index is 396. The Hall–Kier alpha value is -1.07. The Kier molecular flexibility index (Phi) is 6.15. The van der Waals surface area contributed by atoms with Crippen molar-refractivity contribution in [2.45, 2.75) is 19.9 Å². The third-order valence-electron chi connectivity index (χ3n) is 2.51. The standard InChI is InChI=1S/C13H18BrNO3/c1-9(2)12(7-16)15-13(17)8-18-11-5-3-4-10(14)6-11/h3-6,9,12,16H,7-8H2,1-2H3,(H,15,17)/t12-/m1/s1. The number of halogens is 1. The van der Waals surface area contributed by atoms with Gasteiger partial charge in [0.15, 0.2) is 6.61 Å². The normalized spacial score (nSPS) is 12.3. The first-order chi connectivity index (χ1) is 8.52. The molecule has 0 heterocycles. The van der Waals surface area contributed by atoms with Crippen LogP contribution < -0.4 is 10.1 Å². The van der Waals surface area contributed by atoms with E-state index in [1.165, 1.54) is 0 Å². The highest BCUT2D eigenvalue weighted by Gasteiger charge is 2.15.